The predicted octanol–water partition coefficient (Wildman–Crippen LogP) is 2.92. The van der Waals surface area contributed by atoms with Gasteiger partial charge in [-0.1, -0.05) is 11.6 Å². The lowest BCUT2D eigenvalue weighted by atomic mass is 10.1. The minimum absolute atomic E-state index is 0.305. The highest BCUT2D eigenvalue weighted by molar-refractivity contribution is 6.29. The highest BCUT2D eigenvalue weighted by Gasteiger charge is 2.02. The standard InChI is InChI=1S/C13H11ClN4/c1-9-2-3-16-7-11(9)8-17-13-5-10(6-15)4-12(14)18-13/h2-5,7H,8H2,1H3,(H,17,18). The van der Waals surface area contributed by atoms with E-state index in [2.05, 4.69) is 15.3 Å². The molecule has 0 unspecified atom stereocenters. The van der Waals surface area contributed by atoms with Crippen LogP contribution in [0, 0.1) is 18.3 Å². The minimum Gasteiger partial charge on any atom is -0.366 e. The van der Waals surface area contributed by atoms with E-state index in [1.807, 2.05) is 19.1 Å². The van der Waals surface area contributed by atoms with E-state index in [9.17, 15) is 0 Å². The van der Waals surface area contributed by atoms with Crippen molar-refractivity contribution in [3.8, 4) is 6.07 Å². The number of anilines is 1. The summed E-state index contributed by atoms with van der Waals surface area (Å²) in [7, 11) is 0. The average molecular weight is 259 g/mol. The van der Waals surface area contributed by atoms with Crippen molar-refractivity contribution < 1.29 is 0 Å². The zero-order valence-electron chi connectivity index (χ0n) is 9.81. The molecule has 0 aliphatic carbocycles. The zero-order valence-corrected chi connectivity index (χ0v) is 10.6. The first-order chi connectivity index (χ1) is 8.69. The fraction of sp³-hybridized carbons (Fsp3) is 0.154. The highest BCUT2D eigenvalue weighted by atomic mass is 35.5. The summed E-state index contributed by atoms with van der Waals surface area (Å²) in [4.78, 5) is 8.18. The van der Waals surface area contributed by atoms with Gasteiger partial charge in [0.25, 0.3) is 0 Å². The fourth-order valence-electron chi connectivity index (χ4n) is 1.52. The van der Waals surface area contributed by atoms with E-state index in [1.165, 1.54) is 6.07 Å². The van der Waals surface area contributed by atoms with Gasteiger partial charge >= 0.3 is 0 Å². The quantitative estimate of drug-likeness (QED) is 0.860. The van der Waals surface area contributed by atoms with Crippen LogP contribution in [0.15, 0.2) is 30.6 Å². The molecule has 0 bridgehead atoms. The lowest BCUT2D eigenvalue weighted by molar-refractivity contribution is 1.06. The molecule has 5 heteroatoms. The Morgan fingerprint density at radius 3 is 3.00 bits per heavy atom. The van der Waals surface area contributed by atoms with Crippen molar-refractivity contribution in [2.24, 2.45) is 0 Å². The summed E-state index contributed by atoms with van der Waals surface area (Å²) < 4.78 is 0. The van der Waals surface area contributed by atoms with E-state index < -0.39 is 0 Å². The Bertz CT molecular complexity index is 604. The molecule has 0 atom stereocenters. The van der Waals surface area contributed by atoms with Gasteiger partial charge in [0.1, 0.15) is 11.0 Å². The molecule has 0 fully saturated rings. The van der Waals surface area contributed by atoms with Crippen LogP contribution in [-0.2, 0) is 6.54 Å². The van der Waals surface area contributed by atoms with Gasteiger partial charge < -0.3 is 5.32 Å². The Kier molecular flexibility index (Phi) is 3.75. The molecule has 0 radical (unpaired) electrons. The Hall–Kier alpha value is -2.12. The summed E-state index contributed by atoms with van der Waals surface area (Å²) >= 11 is 5.83. The molecule has 2 rings (SSSR count). The number of aryl methyl sites for hydroxylation is 1. The predicted molar refractivity (Wildman–Crippen MR) is 70.3 cm³/mol. The highest BCUT2D eigenvalue weighted by Crippen LogP contribution is 2.15. The second-order valence-corrected chi connectivity index (χ2v) is 4.22. The maximum absolute atomic E-state index is 8.84. The molecular weight excluding hydrogens is 248 g/mol. The van der Waals surface area contributed by atoms with Crippen LogP contribution >= 0.6 is 11.6 Å². The summed E-state index contributed by atoms with van der Waals surface area (Å²) in [6, 6.07) is 7.18. The van der Waals surface area contributed by atoms with E-state index in [0.717, 1.165) is 11.1 Å². The Balaban J connectivity index is 2.14. The third kappa shape index (κ3) is 2.96. The summed E-state index contributed by atoms with van der Waals surface area (Å²) in [5.41, 5.74) is 2.72. The third-order valence-corrected chi connectivity index (χ3v) is 2.72. The molecule has 1 N–H and O–H groups in total. The largest absolute Gasteiger partial charge is 0.366 e. The molecule has 0 amide bonds. The van der Waals surface area contributed by atoms with Crippen LogP contribution in [0.3, 0.4) is 0 Å². The topological polar surface area (TPSA) is 61.6 Å². The van der Waals surface area contributed by atoms with Gasteiger partial charge in [-0.25, -0.2) is 4.98 Å². The van der Waals surface area contributed by atoms with E-state index in [-0.39, 0.29) is 0 Å². The Morgan fingerprint density at radius 1 is 1.44 bits per heavy atom. The number of aromatic nitrogens is 2. The minimum atomic E-state index is 0.305. The SMILES string of the molecule is Cc1ccncc1CNc1cc(C#N)cc(Cl)n1. The third-order valence-electron chi connectivity index (χ3n) is 2.53. The summed E-state index contributed by atoms with van der Waals surface area (Å²) in [5, 5.41) is 12.3. The summed E-state index contributed by atoms with van der Waals surface area (Å²) in [6.07, 6.45) is 3.56. The monoisotopic (exact) mass is 258 g/mol. The molecular formula is C13H11ClN4. The van der Waals surface area contributed by atoms with Crippen molar-refractivity contribution in [3.63, 3.8) is 0 Å². The maximum Gasteiger partial charge on any atom is 0.132 e. The van der Waals surface area contributed by atoms with Crippen LogP contribution in [-0.4, -0.2) is 9.97 Å². The van der Waals surface area contributed by atoms with Crippen molar-refractivity contribution in [1.82, 2.24) is 9.97 Å². The van der Waals surface area contributed by atoms with E-state index in [1.54, 1.807) is 18.5 Å². The second-order valence-electron chi connectivity index (χ2n) is 3.83. The van der Waals surface area contributed by atoms with Crippen molar-refractivity contribution >= 4 is 17.4 Å². The molecule has 18 heavy (non-hydrogen) atoms. The van der Waals surface area contributed by atoms with E-state index in [0.29, 0.717) is 23.1 Å². The molecule has 2 aromatic rings. The molecule has 0 aliphatic rings. The molecule has 4 nitrogen and oxygen atoms in total. The Morgan fingerprint density at radius 2 is 2.28 bits per heavy atom. The first-order valence-electron chi connectivity index (χ1n) is 5.40. The number of pyridine rings is 2. The molecule has 0 spiro atoms. The smallest absolute Gasteiger partial charge is 0.132 e. The molecule has 0 saturated carbocycles. The first kappa shape index (κ1) is 12.3. The summed E-state index contributed by atoms with van der Waals surface area (Å²) in [6.45, 7) is 2.61. The van der Waals surface area contributed by atoms with E-state index in [4.69, 9.17) is 16.9 Å². The van der Waals surface area contributed by atoms with Crippen molar-refractivity contribution in [3.05, 3.63) is 52.4 Å². The molecule has 0 aromatic carbocycles. The van der Waals surface area contributed by atoms with Gasteiger partial charge in [-0.2, -0.15) is 5.26 Å². The average Bonchev–Trinajstić information content (AvgIpc) is 2.37. The van der Waals surface area contributed by atoms with Gasteiger partial charge in [0.15, 0.2) is 0 Å². The second kappa shape index (κ2) is 5.48. The normalized spacial score (nSPS) is 9.83. The number of nitriles is 1. The number of nitrogens with one attached hydrogen (secondary N) is 1. The molecule has 90 valence electrons. The van der Waals surface area contributed by atoms with Crippen molar-refractivity contribution in [1.29, 1.82) is 5.26 Å². The molecule has 2 aromatic heterocycles. The van der Waals surface area contributed by atoms with Crippen LogP contribution in [0.4, 0.5) is 5.82 Å². The van der Waals surface area contributed by atoms with Gasteiger partial charge in [-0.05, 0) is 36.2 Å². The first-order valence-corrected chi connectivity index (χ1v) is 5.78. The summed E-state index contributed by atoms with van der Waals surface area (Å²) in [5.74, 6) is 0.585. The number of hydrogen-bond donors (Lipinski definition) is 1. The number of hydrogen-bond acceptors (Lipinski definition) is 4. The Labute approximate surface area is 110 Å². The lowest BCUT2D eigenvalue weighted by Crippen LogP contribution is -2.03. The fourth-order valence-corrected chi connectivity index (χ4v) is 1.73. The zero-order chi connectivity index (χ0) is 13.0. The van der Waals surface area contributed by atoms with Gasteiger partial charge in [0, 0.05) is 18.9 Å². The number of halogens is 1. The van der Waals surface area contributed by atoms with Crippen LogP contribution < -0.4 is 5.32 Å². The van der Waals surface area contributed by atoms with Crippen molar-refractivity contribution in [2.75, 3.05) is 5.32 Å². The molecule has 0 aliphatic heterocycles. The van der Waals surface area contributed by atoms with Crippen molar-refractivity contribution in [2.45, 2.75) is 13.5 Å². The molecule has 0 saturated heterocycles. The van der Waals surface area contributed by atoms with Crippen LogP contribution in [0.2, 0.25) is 5.15 Å². The van der Waals surface area contributed by atoms with Crippen LogP contribution in [0.5, 0.6) is 0 Å². The maximum atomic E-state index is 8.84. The van der Waals surface area contributed by atoms with Gasteiger partial charge in [-0.15, -0.1) is 0 Å². The van der Waals surface area contributed by atoms with Gasteiger partial charge in [0.2, 0.25) is 0 Å². The van der Waals surface area contributed by atoms with Crippen LogP contribution in [0.25, 0.3) is 0 Å². The lowest BCUT2D eigenvalue weighted by Gasteiger charge is -2.08. The number of nitrogens with zero attached hydrogens (tertiary/aromatic N) is 3. The van der Waals surface area contributed by atoms with Crippen LogP contribution in [0.1, 0.15) is 16.7 Å². The number of rotatable bonds is 3. The van der Waals surface area contributed by atoms with E-state index >= 15 is 0 Å². The van der Waals surface area contributed by atoms with Gasteiger partial charge in [-0.3, -0.25) is 4.98 Å². The van der Waals surface area contributed by atoms with Gasteiger partial charge in [0.05, 0.1) is 11.6 Å². The molecule has 2 heterocycles.